The van der Waals surface area contributed by atoms with E-state index in [1.807, 2.05) is 24.3 Å². The molecule has 0 saturated heterocycles. The van der Waals surface area contributed by atoms with Gasteiger partial charge in [-0.15, -0.1) is 0 Å². The van der Waals surface area contributed by atoms with Crippen LogP contribution in [0, 0.1) is 0 Å². The lowest BCUT2D eigenvalue weighted by atomic mass is 10.1. The number of furan rings is 1. The highest BCUT2D eigenvalue weighted by atomic mass is 35.5. The molecule has 1 N–H and O–H groups in total. The molecule has 0 saturated carbocycles. The first-order chi connectivity index (χ1) is 9.75. The lowest BCUT2D eigenvalue weighted by molar-refractivity contribution is 0.562. The molecule has 0 spiro atoms. The molecule has 0 aliphatic rings. The Morgan fingerprint density at radius 1 is 1.35 bits per heavy atom. The lowest BCUT2D eigenvalue weighted by Gasteiger charge is -2.17. The van der Waals surface area contributed by atoms with Crippen molar-refractivity contribution in [2.75, 3.05) is 5.32 Å². The van der Waals surface area contributed by atoms with Crippen molar-refractivity contribution in [1.82, 2.24) is 14.8 Å². The number of aromatic nitrogens is 3. The maximum atomic E-state index is 6.28. The fourth-order valence-electron chi connectivity index (χ4n) is 2.03. The Morgan fingerprint density at radius 2 is 2.25 bits per heavy atom. The SMILES string of the molecule is CC(Nc1cccc(Cl)c1-n1cncn1)c1ccoc1. The van der Waals surface area contributed by atoms with Gasteiger partial charge >= 0.3 is 0 Å². The first-order valence-electron chi connectivity index (χ1n) is 6.18. The minimum atomic E-state index is 0.0921. The number of hydrogen-bond donors (Lipinski definition) is 1. The minimum Gasteiger partial charge on any atom is -0.472 e. The van der Waals surface area contributed by atoms with Gasteiger partial charge in [-0.2, -0.15) is 5.10 Å². The Morgan fingerprint density at radius 3 is 2.95 bits per heavy atom. The van der Waals surface area contributed by atoms with Crippen LogP contribution in [-0.2, 0) is 0 Å². The molecule has 3 aromatic rings. The molecule has 1 aromatic carbocycles. The van der Waals surface area contributed by atoms with Crippen LogP contribution in [0.2, 0.25) is 5.02 Å². The molecule has 2 heterocycles. The van der Waals surface area contributed by atoms with Crippen LogP contribution in [-0.4, -0.2) is 14.8 Å². The molecule has 3 rings (SSSR count). The van der Waals surface area contributed by atoms with Gasteiger partial charge in [-0.05, 0) is 25.1 Å². The van der Waals surface area contributed by atoms with Gasteiger partial charge in [0.1, 0.15) is 18.3 Å². The summed E-state index contributed by atoms with van der Waals surface area (Å²) in [5, 5.41) is 8.16. The molecule has 2 aromatic heterocycles. The normalized spacial score (nSPS) is 12.3. The average Bonchev–Trinajstić information content (AvgIpc) is 3.12. The predicted octanol–water partition coefficient (Wildman–Crippen LogP) is 3.69. The topological polar surface area (TPSA) is 55.9 Å². The molecule has 0 radical (unpaired) electrons. The third-order valence-corrected chi connectivity index (χ3v) is 3.35. The highest BCUT2D eigenvalue weighted by Crippen LogP contribution is 2.30. The Kier molecular flexibility index (Phi) is 3.43. The van der Waals surface area contributed by atoms with Gasteiger partial charge < -0.3 is 9.73 Å². The minimum absolute atomic E-state index is 0.0921. The summed E-state index contributed by atoms with van der Waals surface area (Å²) in [5.41, 5.74) is 2.73. The van der Waals surface area contributed by atoms with E-state index in [0.717, 1.165) is 16.9 Å². The van der Waals surface area contributed by atoms with E-state index in [1.54, 1.807) is 23.5 Å². The summed E-state index contributed by atoms with van der Waals surface area (Å²) in [5.74, 6) is 0. The smallest absolute Gasteiger partial charge is 0.138 e. The number of benzene rings is 1. The predicted molar refractivity (Wildman–Crippen MR) is 77.1 cm³/mol. The van der Waals surface area contributed by atoms with E-state index in [-0.39, 0.29) is 6.04 Å². The maximum absolute atomic E-state index is 6.28. The summed E-state index contributed by atoms with van der Waals surface area (Å²) in [6, 6.07) is 7.70. The number of para-hydroxylation sites is 1. The van der Waals surface area contributed by atoms with E-state index in [2.05, 4.69) is 22.3 Å². The molecule has 0 aliphatic heterocycles. The van der Waals surface area contributed by atoms with Crippen molar-refractivity contribution in [3.8, 4) is 5.69 Å². The quantitative estimate of drug-likeness (QED) is 0.795. The number of nitrogens with one attached hydrogen (secondary N) is 1. The Hall–Kier alpha value is -2.27. The van der Waals surface area contributed by atoms with Crippen LogP contribution < -0.4 is 5.32 Å². The van der Waals surface area contributed by atoms with Crippen LogP contribution in [0.4, 0.5) is 5.69 Å². The van der Waals surface area contributed by atoms with Crippen molar-refractivity contribution in [1.29, 1.82) is 0 Å². The number of rotatable bonds is 4. The Labute approximate surface area is 121 Å². The van der Waals surface area contributed by atoms with Crippen molar-refractivity contribution in [3.63, 3.8) is 0 Å². The van der Waals surface area contributed by atoms with E-state index in [4.69, 9.17) is 16.0 Å². The van der Waals surface area contributed by atoms with Crippen LogP contribution in [0.1, 0.15) is 18.5 Å². The zero-order valence-electron chi connectivity index (χ0n) is 10.8. The molecular formula is C14H13ClN4O. The molecule has 20 heavy (non-hydrogen) atoms. The van der Waals surface area contributed by atoms with Gasteiger partial charge in [-0.25, -0.2) is 9.67 Å². The van der Waals surface area contributed by atoms with E-state index >= 15 is 0 Å². The van der Waals surface area contributed by atoms with Gasteiger partial charge in [0.05, 0.1) is 29.3 Å². The maximum Gasteiger partial charge on any atom is 0.138 e. The molecule has 0 bridgehead atoms. The van der Waals surface area contributed by atoms with Crippen molar-refractivity contribution in [2.45, 2.75) is 13.0 Å². The van der Waals surface area contributed by atoms with Crippen molar-refractivity contribution in [3.05, 3.63) is 60.0 Å². The van der Waals surface area contributed by atoms with E-state index in [1.165, 1.54) is 6.33 Å². The first-order valence-corrected chi connectivity index (χ1v) is 6.55. The molecule has 5 nitrogen and oxygen atoms in total. The van der Waals surface area contributed by atoms with Crippen molar-refractivity contribution in [2.24, 2.45) is 0 Å². The summed E-state index contributed by atoms with van der Waals surface area (Å²) in [6.45, 7) is 2.05. The number of nitrogens with zero attached hydrogens (tertiary/aromatic N) is 3. The van der Waals surface area contributed by atoms with Gasteiger partial charge in [0, 0.05) is 5.56 Å². The fourth-order valence-corrected chi connectivity index (χ4v) is 2.29. The Bertz CT molecular complexity index is 679. The third kappa shape index (κ3) is 2.40. The van der Waals surface area contributed by atoms with Crippen LogP contribution in [0.25, 0.3) is 5.69 Å². The molecule has 6 heteroatoms. The molecule has 0 fully saturated rings. The van der Waals surface area contributed by atoms with E-state index < -0.39 is 0 Å². The van der Waals surface area contributed by atoms with Crippen molar-refractivity contribution >= 4 is 17.3 Å². The van der Waals surface area contributed by atoms with Gasteiger partial charge in [-0.3, -0.25) is 0 Å². The summed E-state index contributed by atoms with van der Waals surface area (Å²) < 4.78 is 6.75. The molecular weight excluding hydrogens is 276 g/mol. The second kappa shape index (κ2) is 5.38. The van der Waals surface area contributed by atoms with Crippen LogP contribution in [0.5, 0.6) is 0 Å². The number of anilines is 1. The molecule has 102 valence electrons. The molecule has 1 atom stereocenters. The molecule has 1 unspecified atom stereocenters. The number of halogens is 1. The summed E-state index contributed by atoms with van der Waals surface area (Å²) in [7, 11) is 0. The molecule has 0 aliphatic carbocycles. The summed E-state index contributed by atoms with van der Waals surface area (Å²) in [4.78, 5) is 3.96. The largest absolute Gasteiger partial charge is 0.472 e. The standard InChI is InChI=1S/C14H13ClN4O/c1-10(11-5-6-20-7-11)18-13-4-2-3-12(15)14(13)19-9-16-8-17-19/h2-10,18H,1H3. The zero-order chi connectivity index (χ0) is 13.9. The van der Waals surface area contributed by atoms with Gasteiger partial charge in [-0.1, -0.05) is 17.7 Å². The summed E-state index contributed by atoms with van der Waals surface area (Å²) in [6.07, 6.45) is 6.47. The van der Waals surface area contributed by atoms with E-state index in [0.29, 0.717) is 5.02 Å². The van der Waals surface area contributed by atoms with Crippen LogP contribution in [0.15, 0.2) is 53.9 Å². The fraction of sp³-hybridized carbons (Fsp3) is 0.143. The lowest BCUT2D eigenvalue weighted by Crippen LogP contribution is -2.09. The number of hydrogen-bond acceptors (Lipinski definition) is 4. The monoisotopic (exact) mass is 288 g/mol. The van der Waals surface area contributed by atoms with Gasteiger partial charge in [0.25, 0.3) is 0 Å². The second-order valence-electron chi connectivity index (χ2n) is 4.40. The first kappa shape index (κ1) is 12.7. The summed E-state index contributed by atoms with van der Waals surface area (Å²) >= 11 is 6.28. The van der Waals surface area contributed by atoms with Crippen molar-refractivity contribution < 1.29 is 4.42 Å². The van der Waals surface area contributed by atoms with E-state index in [9.17, 15) is 0 Å². The third-order valence-electron chi connectivity index (χ3n) is 3.05. The van der Waals surface area contributed by atoms with Gasteiger partial charge in [0.2, 0.25) is 0 Å². The average molecular weight is 289 g/mol. The Balaban J connectivity index is 1.96. The highest BCUT2D eigenvalue weighted by Gasteiger charge is 2.13. The van der Waals surface area contributed by atoms with Crippen LogP contribution >= 0.6 is 11.6 Å². The van der Waals surface area contributed by atoms with Gasteiger partial charge in [0.15, 0.2) is 0 Å². The second-order valence-corrected chi connectivity index (χ2v) is 4.81. The molecule has 0 amide bonds. The van der Waals surface area contributed by atoms with Crippen LogP contribution in [0.3, 0.4) is 0 Å². The highest BCUT2D eigenvalue weighted by molar-refractivity contribution is 6.33. The zero-order valence-corrected chi connectivity index (χ0v) is 11.6.